The third kappa shape index (κ3) is 3.73. The van der Waals surface area contributed by atoms with Crippen molar-refractivity contribution in [1.29, 1.82) is 0 Å². The summed E-state index contributed by atoms with van der Waals surface area (Å²) in [7, 11) is 1.77. The molecule has 2 heterocycles. The minimum absolute atomic E-state index is 0.117. The van der Waals surface area contributed by atoms with E-state index in [1.165, 1.54) is 11.3 Å². The Morgan fingerprint density at radius 3 is 2.96 bits per heavy atom. The summed E-state index contributed by atoms with van der Waals surface area (Å²) in [5, 5.41) is 12.5. The van der Waals surface area contributed by atoms with E-state index < -0.39 is 0 Å². The second-order valence-corrected chi connectivity index (χ2v) is 6.78. The molecule has 2 atom stereocenters. The van der Waals surface area contributed by atoms with Crippen molar-refractivity contribution in [2.45, 2.75) is 31.8 Å². The van der Waals surface area contributed by atoms with Crippen LogP contribution in [0.2, 0.25) is 0 Å². The number of aliphatic hydroxyl groups is 1. The number of carbonyl (C=O) groups is 1. The number of rotatable bonds is 4. The summed E-state index contributed by atoms with van der Waals surface area (Å²) in [5.74, 6) is 0.0463. The number of thiazole rings is 1. The fraction of sp³-hybridized carbons (Fsp3) is 0.500. The lowest BCUT2D eigenvalue weighted by molar-refractivity contribution is 0.0449. The third-order valence-corrected chi connectivity index (χ3v) is 5.09. The number of aromatic nitrogens is 3. The number of hydrogen-bond acceptors (Lipinski definition) is 6. The SMILES string of the molecule is CN(CC1CCCCC1O)C(=O)c1csc(-c2cnccn2)n1. The van der Waals surface area contributed by atoms with E-state index in [1.807, 2.05) is 0 Å². The molecule has 1 amide bonds. The van der Waals surface area contributed by atoms with Crippen molar-refractivity contribution in [3.05, 3.63) is 29.7 Å². The Kier molecular flexibility index (Phi) is 4.97. The zero-order valence-electron chi connectivity index (χ0n) is 13.1. The van der Waals surface area contributed by atoms with Gasteiger partial charge < -0.3 is 10.0 Å². The van der Waals surface area contributed by atoms with E-state index >= 15 is 0 Å². The van der Waals surface area contributed by atoms with E-state index in [4.69, 9.17) is 0 Å². The number of carbonyl (C=O) groups excluding carboxylic acids is 1. The van der Waals surface area contributed by atoms with Gasteiger partial charge in [0.2, 0.25) is 0 Å². The van der Waals surface area contributed by atoms with Crippen LogP contribution in [0.3, 0.4) is 0 Å². The molecule has 0 aromatic carbocycles. The Morgan fingerprint density at radius 1 is 1.39 bits per heavy atom. The number of nitrogens with zero attached hydrogens (tertiary/aromatic N) is 4. The number of aliphatic hydroxyl groups excluding tert-OH is 1. The summed E-state index contributed by atoms with van der Waals surface area (Å²) in [6.45, 7) is 0.567. The first-order valence-electron chi connectivity index (χ1n) is 7.80. The summed E-state index contributed by atoms with van der Waals surface area (Å²) in [6, 6.07) is 0. The van der Waals surface area contributed by atoms with Crippen molar-refractivity contribution < 1.29 is 9.90 Å². The van der Waals surface area contributed by atoms with Crippen molar-refractivity contribution in [1.82, 2.24) is 19.9 Å². The van der Waals surface area contributed by atoms with Crippen LogP contribution in [0.1, 0.15) is 36.2 Å². The molecule has 0 spiro atoms. The molecule has 2 unspecified atom stereocenters. The zero-order valence-corrected chi connectivity index (χ0v) is 13.9. The lowest BCUT2D eigenvalue weighted by Gasteiger charge is -2.30. The van der Waals surface area contributed by atoms with Crippen LogP contribution in [0.4, 0.5) is 0 Å². The van der Waals surface area contributed by atoms with Gasteiger partial charge in [0.15, 0.2) is 0 Å². The highest BCUT2D eigenvalue weighted by Gasteiger charge is 2.26. The second kappa shape index (κ2) is 7.14. The molecular formula is C16H20N4O2S. The lowest BCUT2D eigenvalue weighted by Crippen LogP contribution is -2.38. The predicted octanol–water partition coefficient (Wildman–Crippen LogP) is 2.22. The highest BCUT2D eigenvalue weighted by molar-refractivity contribution is 7.13. The first-order chi connectivity index (χ1) is 11.1. The van der Waals surface area contributed by atoms with Crippen molar-refractivity contribution in [3.8, 4) is 10.7 Å². The summed E-state index contributed by atoms with van der Waals surface area (Å²) < 4.78 is 0. The summed E-state index contributed by atoms with van der Waals surface area (Å²) in [4.78, 5) is 26.8. The van der Waals surface area contributed by atoms with E-state index in [1.54, 1.807) is 35.9 Å². The molecule has 23 heavy (non-hydrogen) atoms. The Morgan fingerprint density at radius 2 is 2.22 bits per heavy atom. The third-order valence-electron chi connectivity index (χ3n) is 4.23. The van der Waals surface area contributed by atoms with Crippen LogP contribution >= 0.6 is 11.3 Å². The first-order valence-corrected chi connectivity index (χ1v) is 8.68. The molecule has 1 N–H and O–H groups in total. The van der Waals surface area contributed by atoms with Gasteiger partial charge in [-0.15, -0.1) is 11.3 Å². The normalized spacial score (nSPS) is 21.1. The topological polar surface area (TPSA) is 79.2 Å². The van der Waals surface area contributed by atoms with Crippen molar-refractivity contribution in [2.24, 2.45) is 5.92 Å². The van der Waals surface area contributed by atoms with Gasteiger partial charge in [0.1, 0.15) is 16.4 Å². The maximum atomic E-state index is 12.5. The summed E-state index contributed by atoms with van der Waals surface area (Å²) in [5.41, 5.74) is 1.09. The maximum absolute atomic E-state index is 12.5. The molecule has 0 bridgehead atoms. The standard InChI is InChI=1S/C16H20N4O2S/c1-20(9-11-4-2-3-5-14(11)21)16(22)13-10-23-15(19-13)12-8-17-6-7-18-12/h6-8,10-11,14,21H,2-5,9H2,1H3. The van der Waals surface area contributed by atoms with Crippen LogP contribution in [-0.2, 0) is 0 Å². The first kappa shape index (κ1) is 16.0. The van der Waals surface area contributed by atoms with Gasteiger partial charge in [-0.2, -0.15) is 0 Å². The predicted molar refractivity (Wildman–Crippen MR) is 88.1 cm³/mol. The Bertz CT molecular complexity index is 661. The van der Waals surface area contributed by atoms with Gasteiger partial charge >= 0.3 is 0 Å². The van der Waals surface area contributed by atoms with Gasteiger partial charge in [-0.1, -0.05) is 12.8 Å². The van der Waals surface area contributed by atoms with Crippen LogP contribution in [-0.4, -0.2) is 50.6 Å². The molecule has 0 radical (unpaired) electrons. The van der Waals surface area contributed by atoms with Gasteiger partial charge in [-0.05, 0) is 12.8 Å². The minimum atomic E-state index is -0.301. The molecule has 0 aliphatic heterocycles. The van der Waals surface area contributed by atoms with Crippen molar-refractivity contribution in [3.63, 3.8) is 0 Å². The van der Waals surface area contributed by atoms with E-state index in [0.717, 1.165) is 25.7 Å². The molecule has 2 aromatic heterocycles. The fourth-order valence-corrected chi connectivity index (χ4v) is 3.68. The molecule has 1 fully saturated rings. The van der Waals surface area contributed by atoms with E-state index in [2.05, 4.69) is 15.0 Å². The molecule has 7 heteroatoms. The molecule has 122 valence electrons. The van der Waals surface area contributed by atoms with Crippen molar-refractivity contribution in [2.75, 3.05) is 13.6 Å². The molecule has 1 saturated carbocycles. The van der Waals surface area contributed by atoms with E-state index in [9.17, 15) is 9.90 Å². The Balaban J connectivity index is 1.67. The molecule has 1 aliphatic carbocycles. The Hall–Kier alpha value is -1.86. The largest absolute Gasteiger partial charge is 0.393 e. The average molecular weight is 332 g/mol. The highest BCUT2D eigenvalue weighted by atomic mass is 32.1. The van der Waals surface area contributed by atoms with E-state index in [-0.39, 0.29) is 17.9 Å². The summed E-state index contributed by atoms with van der Waals surface area (Å²) in [6.07, 6.45) is 8.54. The van der Waals surface area contributed by atoms with Gasteiger partial charge in [-0.3, -0.25) is 14.8 Å². The smallest absolute Gasteiger partial charge is 0.273 e. The highest BCUT2D eigenvalue weighted by Crippen LogP contribution is 2.26. The fourth-order valence-electron chi connectivity index (χ4n) is 2.93. The molecule has 1 aliphatic rings. The van der Waals surface area contributed by atoms with Gasteiger partial charge in [0.25, 0.3) is 5.91 Å². The summed E-state index contributed by atoms with van der Waals surface area (Å²) >= 11 is 1.38. The molecule has 0 saturated heterocycles. The maximum Gasteiger partial charge on any atom is 0.273 e. The number of amides is 1. The van der Waals surface area contributed by atoms with Crippen LogP contribution in [0.5, 0.6) is 0 Å². The van der Waals surface area contributed by atoms with Gasteiger partial charge in [0.05, 0.1) is 12.3 Å². The Labute approximate surface area is 139 Å². The van der Waals surface area contributed by atoms with Crippen molar-refractivity contribution >= 4 is 17.2 Å². The quantitative estimate of drug-likeness (QED) is 0.929. The minimum Gasteiger partial charge on any atom is -0.393 e. The lowest BCUT2D eigenvalue weighted by atomic mass is 9.86. The molecule has 2 aromatic rings. The van der Waals surface area contributed by atoms with Crippen LogP contribution in [0, 0.1) is 5.92 Å². The van der Waals surface area contributed by atoms with Gasteiger partial charge in [0, 0.05) is 37.3 Å². The molecule has 3 rings (SSSR count). The second-order valence-electron chi connectivity index (χ2n) is 5.93. The molecule has 6 nitrogen and oxygen atoms in total. The molecular weight excluding hydrogens is 312 g/mol. The number of hydrogen-bond donors (Lipinski definition) is 1. The van der Waals surface area contributed by atoms with Crippen LogP contribution in [0.25, 0.3) is 10.7 Å². The van der Waals surface area contributed by atoms with Crippen LogP contribution < -0.4 is 0 Å². The van der Waals surface area contributed by atoms with E-state index in [0.29, 0.717) is 22.9 Å². The van der Waals surface area contributed by atoms with Gasteiger partial charge in [-0.25, -0.2) is 4.98 Å². The average Bonchev–Trinajstić information content (AvgIpc) is 3.07. The van der Waals surface area contributed by atoms with Crippen LogP contribution in [0.15, 0.2) is 24.0 Å². The monoisotopic (exact) mass is 332 g/mol. The zero-order chi connectivity index (χ0) is 16.2.